The summed E-state index contributed by atoms with van der Waals surface area (Å²) in [5, 5.41) is 0.110. The molecule has 29 heavy (non-hydrogen) atoms. The molecule has 0 aromatic heterocycles. The van der Waals surface area contributed by atoms with E-state index < -0.39 is 10.0 Å². The number of hydrogen-bond donors (Lipinski definition) is 0. The molecule has 1 heterocycles. The van der Waals surface area contributed by atoms with E-state index in [0.717, 1.165) is 12.8 Å². The Morgan fingerprint density at radius 1 is 1.21 bits per heavy atom. The number of rotatable bonds is 9. The molecular weight excluding hydrogens is 439 g/mol. The van der Waals surface area contributed by atoms with Crippen LogP contribution in [-0.4, -0.2) is 76.1 Å². The topological polar surface area (TPSA) is 76.2 Å². The fourth-order valence-electron chi connectivity index (χ4n) is 3.34. The minimum absolute atomic E-state index is 0.0102. The molecule has 0 radical (unpaired) electrons. The SMILES string of the molecule is CCC(CC)N(CCOC)C(=O)c1cc(S(=O)(=O)N2CCOCC2)c(Cl)cc1Cl. The van der Waals surface area contributed by atoms with Crippen LogP contribution in [0.4, 0.5) is 0 Å². The molecule has 2 rings (SSSR count). The molecule has 0 aliphatic carbocycles. The number of methoxy groups -OCH3 is 1. The van der Waals surface area contributed by atoms with Gasteiger partial charge in [-0.25, -0.2) is 8.42 Å². The van der Waals surface area contributed by atoms with Crippen molar-refractivity contribution in [3.05, 3.63) is 27.7 Å². The third kappa shape index (κ3) is 5.62. The van der Waals surface area contributed by atoms with Gasteiger partial charge in [0.15, 0.2) is 0 Å². The Morgan fingerprint density at radius 2 is 1.83 bits per heavy atom. The Bertz CT molecular complexity index is 809. The van der Waals surface area contributed by atoms with E-state index in [1.807, 2.05) is 13.8 Å². The van der Waals surface area contributed by atoms with Crippen molar-refractivity contribution in [3.63, 3.8) is 0 Å². The van der Waals surface area contributed by atoms with E-state index in [9.17, 15) is 13.2 Å². The maximum Gasteiger partial charge on any atom is 0.255 e. The second kappa shape index (κ2) is 10.9. The average molecular weight is 467 g/mol. The number of sulfonamides is 1. The second-order valence-corrected chi connectivity index (χ2v) is 9.46. The van der Waals surface area contributed by atoms with Crippen molar-refractivity contribution < 1.29 is 22.7 Å². The third-order valence-electron chi connectivity index (χ3n) is 5.02. The fraction of sp³-hybridized carbons (Fsp3) is 0.632. The van der Waals surface area contributed by atoms with Crippen LogP contribution in [0.2, 0.25) is 10.0 Å². The number of ether oxygens (including phenoxy) is 2. The highest BCUT2D eigenvalue weighted by molar-refractivity contribution is 7.89. The van der Waals surface area contributed by atoms with Gasteiger partial charge >= 0.3 is 0 Å². The summed E-state index contributed by atoms with van der Waals surface area (Å²) in [7, 11) is -2.30. The van der Waals surface area contributed by atoms with Gasteiger partial charge in [0, 0.05) is 32.8 Å². The van der Waals surface area contributed by atoms with E-state index in [4.69, 9.17) is 32.7 Å². The molecule has 7 nitrogen and oxygen atoms in total. The maximum atomic E-state index is 13.3. The van der Waals surface area contributed by atoms with Gasteiger partial charge in [-0.2, -0.15) is 4.31 Å². The summed E-state index contributed by atoms with van der Waals surface area (Å²) >= 11 is 12.5. The van der Waals surface area contributed by atoms with Crippen LogP contribution in [-0.2, 0) is 19.5 Å². The first-order valence-corrected chi connectivity index (χ1v) is 11.8. The summed E-state index contributed by atoms with van der Waals surface area (Å²) in [5.41, 5.74) is 0.117. The van der Waals surface area contributed by atoms with E-state index in [1.54, 1.807) is 12.0 Å². The molecule has 164 valence electrons. The monoisotopic (exact) mass is 466 g/mol. The van der Waals surface area contributed by atoms with E-state index >= 15 is 0 Å². The first-order valence-electron chi connectivity index (χ1n) is 9.64. The second-order valence-electron chi connectivity index (χ2n) is 6.74. The number of carbonyl (C=O) groups is 1. The molecule has 10 heteroatoms. The van der Waals surface area contributed by atoms with E-state index in [0.29, 0.717) is 26.4 Å². The van der Waals surface area contributed by atoms with Crippen molar-refractivity contribution in [1.82, 2.24) is 9.21 Å². The lowest BCUT2D eigenvalue weighted by Gasteiger charge is -2.31. The van der Waals surface area contributed by atoms with Crippen molar-refractivity contribution in [3.8, 4) is 0 Å². The van der Waals surface area contributed by atoms with Crippen LogP contribution >= 0.6 is 23.2 Å². The predicted octanol–water partition coefficient (Wildman–Crippen LogP) is 3.29. The number of halogens is 2. The zero-order valence-electron chi connectivity index (χ0n) is 17.0. The normalized spacial score (nSPS) is 15.7. The van der Waals surface area contributed by atoms with Crippen LogP contribution in [0.15, 0.2) is 17.0 Å². The van der Waals surface area contributed by atoms with Crippen molar-refractivity contribution in [2.24, 2.45) is 0 Å². The zero-order valence-corrected chi connectivity index (χ0v) is 19.3. The highest BCUT2D eigenvalue weighted by atomic mass is 35.5. The molecule has 1 aromatic carbocycles. The molecule has 0 atom stereocenters. The van der Waals surface area contributed by atoms with Crippen LogP contribution < -0.4 is 0 Å². The van der Waals surface area contributed by atoms with Crippen molar-refractivity contribution >= 4 is 39.1 Å². The molecule has 1 fully saturated rings. The summed E-state index contributed by atoms with van der Waals surface area (Å²) in [5.74, 6) is -0.337. The summed E-state index contributed by atoms with van der Waals surface area (Å²) < 4.78 is 37.8. The minimum atomic E-state index is -3.87. The van der Waals surface area contributed by atoms with E-state index in [2.05, 4.69) is 0 Å². The number of carbonyl (C=O) groups excluding carboxylic acids is 1. The quantitative estimate of drug-likeness (QED) is 0.557. The fourth-order valence-corrected chi connectivity index (χ4v) is 5.58. The largest absolute Gasteiger partial charge is 0.383 e. The molecule has 1 aliphatic rings. The van der Waals surface area contributed by atoms with E-state index in [1.165, 1.54) is 16.4 Å². The highest BCUT2D eigenvalue weighted by Gasteiger charge is 2.31. The third-order valence-corrected chi connectivity index (χ3v) is 7.70. The summed E-state index contributed by atoms with van der Waals surface area (Å²) in [4.78, 5) is 14.9. The number of morpholine rings is 1. The Balaban J connectivity index is 2.46. The Labute approximate surface area is 182 Å². The number of hydrogen-bond acceptors (Lipinski definition) is 5. The van der Waals surface area contributed by atoms with Crippen molar-refractivity contribution in [2.45, 2.75) is 37.6 Å². The summed E-state index contributed by atoms with van der Waals surface area (Å²) in [6.07, 6.45) is 1.52. The molecule has 1 aromatic rings. The lowest BCUT2D eigenvalue weighted by molar-refractivity contribution is 0.0589. The van der Waals surface area contributed by atoms with Gasteiger partial charge in [0.1, 0.15) is 4.90 Å². The Morgan fingerprint density at radius 3 is 2.38 bits per heavy atom. The molecule has 0 saturated carbocycles. The zero-order chi connectivity index (χ0) is 21.6. The molecule has 0 bridgehead atoms. The van der Waals surface area contributed by atoms with Crippen molar-refractivity contribution in [2.75, 3.05) is 46.6 Å². The molecule has 0 unspecified atom stereocenters. The Hall–Kier alpha value is -0.900. The van der Waals surface area contributed by atoms with Gasteiger partial charge < -0.3 is 14.4 Å². The number of nitrogens with zero attached hydrogens (tertiary/aromatic N) is 2. The highest BCUT2D eigenvalue weighted by Crippen LogP contribution is 2.32. The van der Waals surface area contributed by atoms with Gasteiger partial charge in [0.25, 0.3) is 5.91 Å². The van der Waals surface area contributed by atoms with Gasteiger partial charge in [0.05, 0.1) is 35.4 Å². The number of benzene rings is 1. The molecule has 0 spiro atoms. The lowest BCUT2D eigenvalue weighted by atomic mass is 10.1. The molecule has 0 N–H and O–H groups in total. The van der Waals surface area contributed by atoms with Crippen LogP contribution in [0.25, 0.3) is 0 Å². The maximum absolute atomic E-state index is 13.3. The van der Waals surface area contributed by atoms with E-state index in [-0.39, 0.29) is 45.5 Å². The first kappa shape index (κ1) is 24.4. The lowest BCUT2D eigenvalue weighted by Crippen LogP contribution is -2.42. The van der Waals surface area contributed by atoms with Gasteiger partial charge in [-0.05, 0) is 25.0 Å². The summed E-state index contributed by atoms with van der Waals surface area (Å²) in [6, 6.07) is 2.61. The summed E-state index contributed by atoms with van der Waals surface area (Å²) in [6.45, 7) is 5.85. The molecular formula is C19H28Cl2N2O5S. The smallest absolute Gasteiger partial charge is 0.255 e. The van der Waals surface area contributed by atoms with Gasteiger partial charge in [-0.3, -0.25) is 4.79 Å². The standard InChI is InChI=1S/C19H28Cl2N2O5S/c1-4-14(5-2)23(8-9-27-3)19(24)15-12-18(17(21)13-16(15)20)29(25,26)22-6-10-28-11-7-22/h12-14H,4-11H2,1-3H3. The van der Waals surface area contributed by atoms with Crippen LogP contribution in [0.3, 0.4) is 0 Å². The van der Waals surface area contributed by atoms with Gasteiger partial charge in [-0.15, -0.1) is 0 Å². The van der Waals surface area contributed by atoms with Gasteiger partial charge in [-0.1, -0.05) is 37.0 Å². The minimum Gasteiger partial charge on any atom is -0.383 e. The molecule has 1 aliphatic heterocycles. The van der Waals surface area contributed by atoms with Gasteiger partial charge in [0.2, 0.25) is 10.0 Å². The molecule has 1 saturated heterocycles. The average Bonchev–Trinajstić information content (AvgIpc) is 2.71. The van der Waals surface area contributed by atoms with Crippen molar-refractivity contribution in [1.29, 1.82) is 0 Å². The predicted molar refractivity (Wildman–Crippen MR) is 113 cm³/mol. The number of amides is 1. The van der Waals surface area contributed by atoms with Crippen LogP contribution in [0, 0.1) is 0 Å². The molecule has 1 amide bonds. The first-order chi connectivity index (χ1) is 13.8. The van der Waals surface area contributed by atoms with Crippen LogP contribution in [0.1, 0.15) is 37.0 Å². The Kier molecular flexibility index (Phi) is 9.18. The van der Waals surface area contributed by atoms with Crippen LogP contribution in [0.5, 0.6) is 0 Å².